The van der Waals surface area contributed by atoms with E-state index in [9.17, 15) is 20.1 Å². The molecule has 0 aromatic carbocycles. The number of aliphatic hydroxyl groups is 3. The van der Waals surface area contributed by atoms with E-state index < -0.39 is 34.8 Å². The Morgan fingerprint density at radius 2 is 1.94 bits per heavy atom. The fourth-order valence-electron chi connectivity index (χ4n) is 9.40. The Balaban J connectivity index is 1.52. The van der Waals surface area contributed by atoms with Gasteiger partial charge in [0.1, 0.15) is 17.3 Å². The van der Waals surface area contributed by atoms with Crippen LogP contribution >= 0.6 is 0 Å². The van der Waals surface area contributed by atoms with E-state index >= 15 is 0 Å². The summed E-state index contributed by atoms with van der Waals surface area (Å²) in [6.45, 7) is 10.5. The summed E-state index contributed by atoms with van der Waals surface area (Å²) in [6.07, 6.45) is 8.31. The van der Waals surface area contributed by atoms with Gasteiger partial charge < -0.3 is 24.8 Å². The highest BCUT2D eigenvalue weighted by molar-refractivity contribution is 5.67. The lowest BCUT2D eigenvalue weighted by Crippen LogP contribution is -2.72. The monoisotopic (exact) mass is 490 g/mol. The van der Waals surface area contributed by atoms with E-state index in [0.29, 0.717) is 24.7 Å². The molecule has 0 amide bonds. The predicted octanol–water partition coefficient (Wildman–Crippen LogP) is 4.15. The molecule has 6 nitrogen and oxygen atoms in total. The maximum atomic E-state index is 12.1. The van der Waals surface area contributed by atoms with Gasteiger partial charge >= 0.3 is 5.97 Å². The van der Waals surface area contributed by atoms with Crippen molar-refractivity contribution in [3.63, 3.8) is 0 Å². The zero-order valence-corrected chi connectivity index (χ0v) is 22.3. The van der Waals surface area contributed by atoms with Crippen LogP contribution in [0, 0.1) is 34.5 Å². The molecule has 5 aliphatic rings. The van der Waals surface area contributed by atoms with Gasteiger partial charge in [-0.2, -0.15) is 0 Å². The summed E-state index contributed by atoms with van der Waals surface area (Å²) >= 11 is 0. The summed E-state index contributed by atoms with van der Waals surface area (Å²) in [5, 5.41) is 33.5. The average molecular weight is 491 g/mol. The molecule has 3 saturated carbocycles. The predicted molar refractivity (Wildman–Crippen MR) is 132 cm³/mol. The number of hydrogen-bond donors (Lipinski definition) is 3. The van der Waals surface area contributed by atoms with E-state index in [1.165, 1.54) is 32.6 Å². The van der Waals surface area contributed by atoms with Crippen LogP contribution in [0.3, 0.4) is 0 Å². The van der Waals surface area contributed by atoms with Crippen molar-refractivity contribution in [2.24, 2.45) is 34.5 Å². The van der Waals surface area contributed by atoms with Crippen LogP contribution in [0.1, 0.15) is 92.4 Å². The number of carbonyl (C=O) groups excluding carboxylic acids is 1. The molecule has 0 aromatic rings. The lowest BCUT2D eigenvalue weighted by atomic mass is 9.44. The SMILES string of the molecule is CC(=O)O[C@@H]1C=C2[C@@H]3CC[C@H]([C@H](C)CCCC(C)C)[C@@]3(C)C[C@H]3O[C@@]23[C@@]2(CO)CC[C@H](O)C[C@]12O. The molecule has 0 bridgehead atoms. The maximum absolute atomic E-state index is 12.1. The smallest absolute Gasteiger partial charge is 0.303 e. The van der Waals surface area contributed by atoms with Gasteiger partial charge in [-0.15, -0.1) is 0 Å². The van der Waals surface area contributed by atoms with Gasteiger partial charge in [-0.1, -0.05) is 47.0 Å². The first kappa shape index (κ1) is 25.7. The Bertz CT molecular complexity index is 884. The number of carbonyl (C=O) groups is 1. The Kier molecular flexibility index (Phi) is 6.27. The summed E-state index contributed by atoms with van der Waals surface area (Å²) < 4.78 is 12.4. The first-order valence-corrected chi connectivity index (χ1v) is 14.0. The molecule has 35 heavy (non-hydrogen) atoms. The second-order valence-electron chi connectivity index (χ2n) is 13.3. The topological polar surface area (TPSA) is 99.5 Å². The quantitative estimate of drug-likeness (QED) is 0.282. The fourth-order valence-corrected chi connectivity index (χ4v) is 9.40. The number of epoxide rings is 1. The van der Waals surface area contributed by atoms with Crippen molar-refractivity contribution in [2.45, 2.75) is 122 Å². The van der Waals surface area contributed by atoms with Gasteiger partial charge in [-0.25, -0.2) is 0 Å². The van der Waals surface area contributed by atoms with Gasteiger partial charge in [0, 0.05) is 13.3 Å². The van der Waals surface area contributed by atoms with Crippen molar-refractivity contribution in [1.29, 1.82) is 0 Å². The molecule has 10 atom stereocenters. The molecular weight excluding hydrogens is 444 g/mol. The van der Waals surface area contributed by atoms with E-state index in [1.807, 2.05) is 6.08 Å². The minimum Gasteiger partial charge on any atom is -0.455 e. The summed E-state index contributed by atoms with van der Waals surface area (Å²) in [7, 11) is 0. The van der Waals surface area contributed by atoms with Crippen LogP contribution in [0.15, 0.2) is 11.6 Å². The van der Waals surface area contributed by atoms with E-state index in [0.717, 1.165) is 24.3 Å². The van der Waals surface area contributed by atoms with Gasteiger partial charge in [-0.3, -0.25) is 4.79 Å². The minimum atomic E-state index is -1.56. The highest BCUT2D eigenvalue weighted by Gasteiger charge is 2.83. The summed E-state index contributed by atoms with van der Waals surface area (Å²) in [6, 6.07) is 0. The van der Waals surface area contributed by atoms with Gasteiger partial charge in [-0.05, 0) is 72.8 Å². The number of esters is 1. The van der Waals surface area contributed by atoms with Crippen molar-refractivity contribution in [3.8, 4) is 0 Å². The van der Waals surface area contributed by atoms with E-state index in [4.69, 9.17) is 9.47 Å². The maximum Gasteiger partial charge on any atom is 0.303 e. The third-order valence-corrected chi connectivity index (χ3v) is 11.0. The highest BCUT2D eigenvalue weighted by atomic mass is 16.6. The van der Waals surface area contributed by atoms with Crippen LogP contribution in [0.5, 0.6) is 0 Å². The molecule has 1 spiro atoms. The molecule has 1 aliphatic heterocycles. The number of hydrogen-bond acceptors (Lipinski definition) is 6. The number of aliphatic hydroxyl groups excluding tert-OH is 2. The fraction of sp³-hybridized carbons (Fsp3) is 0.897. The summed E-state index contributed by atoms with van der Waals surface area (Å²) in [4.78, 5) is 12.1. The van der Waals surface area contributed by atoms with Crippen LogP contribution in [0.2, 0.25) is 0 Å². The Labute approximate surface area is 210 Å². The Morgan fingerprint density at radius 1 is 1.20 bits per heavy atom. The first-order chi connectivity index (χ1) is 16.4. The second-order valence-corrected chi connectivity index (χ2v) is 13.3. The van der Waals surface area contributed by atoms with Crippen molar-refractivity contribution in [3.05, 3.63) is 11.6 Å². The lowest BCUT2D eigenvalue weighted by Gasteiger charge is -2.61. The second kappa shape index (κ2) is 8.54. The summed E-state index contributed by atoms with van der Waals surface area (Å²) in [5.74, 6) is 1.80. The van der Waals surface area contributed by atoms with E-state index in [2.05, 4.69) is 27.7 Å². The molecule has 198 valence electrons. The Morgan fingerprint density at radius 3 is 2.60 bits per heavy atom. The third kappa shape index (κ3) is 3.45. The van der Waals surface area contributed by atoms with E-state index in [-0.39, 0.29) is 30.5 Å². The molecule has 1 saturated heterocycles. The lowest BCUT2D eigenvalue weighted by molar-refractivity contribution is -0.237. The molecule has 0 radical (unpaired) electrons. The molecule has 5 rings (SSSR count). The molecule has 1 heterocycles. The molecule has 0 unspecified atom stereocenters. The van der Waals surface area contributed by atoms with Gasteiger partial charge in [0.05, 0.1) is 24.2 Å². The summed E-state index contributed by atoms with van der Waals surface area (Å²) in [5.41, 5.74) is -2.01. The van der Waals surface area contributed by atoms with Crippen molar-refractivity contribution >= 4 is 5.97 Å². The van der Waals surface area contributed by atoms with Gasteiger partial charge in [0.25, 0.3) is 0 Å². The number of rotatable bonds is 7. The molecule has 3 N–H and O–H groups in total. The van der Waals surface area contributed by atoms with Crippen molar-refractivity contribution in [1.82, 2.24) is 0 Å². The Hall–Kier alpha value is -0.950. The van der Waals surface area contributed by atoms with Crippen LogP contribution in [-0.4, -0.2) is 57.4 Å². The third-order valence-electron chi connectivity index (χ3n) is 11.0. The average Bonchev–Trinajstić information content (AvgIpc) is 3.37. The first-order valence-electron chi connectivity index (χ1n) is 14.0. The standard InChI is InChI=1S/C29H46O6/c1-17(2)7-6-8-18(3)21-9-10-22-23-13-24(34-19(4)31)28(33)14-20(32)11-12-27(28,16-30)29(23)25(35-29)15-26(21,22)5/h13,17-18,20-22,24-25,30,32-33H,6-12,14-16H2,1-5H3/t18-,20+,21-,22+,24-,25-,26-,27-,28+,29+/m1/s1. The molecule has 0 aromatic heterocycles. The van der Waals surface area contributed by atoms with Gasteiger partial charge in [0.15, 0.2) is 0 Å². The normalized spacial score (nSPS) is 48.8. The van der Waals surface area contributed by atoms with Crippen LogP contribution in [0.4, 0.5) is 0 Å². The highest BCUT2D eigenvalue weighted by Crippen LogP contribution is 2.76. The van der Waals surface area contributed by atoms with E-state index in [1.54, 1.807) is 0 Å². The largest absolute Gasteiger partial charge is 0.455 e. The molecule has 4 fully saturated rings. The molecular formula is C29H46O6. The molecule has 6 heteroatoms. The van der Waals surface area contributed by atoms with Crippen LogP contribution in [-0.2, 0) is 14.3 Å². The number of fused-ring (bicyclic) bond motifs is 3. The van der Waals surface area contributed by atoms with Crippen LogP contribution < -0.4 is 0 Å². The zero-order valence-electron chi connectivity index (χ0n) is 22.3. The minimum absolute atomic E-state index is 0.0503. The van der Waals surface area contributed by atoms with Gasteiger partial charge in [0.2, 0.25) is 0 Å². The molecule has 4 aliphatic carbocycles. The van der Waals surface area contributed by atoms with Crippen LogP contribution in [0.25, 0.3) is 0 Å². The number of ether oxygens (including phenoxy) is 2. The zero-order chi connectivity index (χ0) is 25.4. The van der Waals surface area contributed by atoms with Crippen molar-refractivity contribution < 1.29 is 29.6 Å². The van der Waals surface area contributed by atoms with Crippen molar-refractivity contribution in [2.75, 3.05) is 6.61 Å².